The number of piperidine rings is 1. The Labute approximate surface area is 55.9 Å². The SMILES string of the molecule is C[C@@H]1CC[C@H](C#N)CN1. The molecule has 0 bridgehead atoms. The number of nitrogens with one attached hydrogen (secondary N) is 1. The van der Waals surface area contributed by atoms with Crippen LogP contribution in [-0.2, 0) is 0 Å². The quantitative estimate of drug-likeness (QED) is 0.520. The molecule has 2 nitrogen and oxygen atoms in total. The van der Waals surface area contributed by atoms with Crippen molar-refractivity contribution in [3.63, 3.8) is 0 Å². The normalized spacial score (nSPS) is 35.6. The third-order valence-corrected chi connectivity index (χ3v) is 1.84. The van der Waals surface area contributed by atoms with Crippen molar-refractivity contribution in [1.82, 2.24) is 5.32 Å². The van der Waals surface area contributed by atoms with Gasteiger partial charge in [0.1, 0.15) is 0 Å². The minimum Gasteiger partial charge on any atom is -0.313 e. The molecule has 0 unspecified atom stereocenters. The molecule has 1 N–H and O–H groups in total. The zero-order chi connectivity index (χ0) is 6.69. The Morgan fingerprint density at radius 1 is 1.56 bits per heavy atom. The van der Waals surface area contributed by atoms with E-state index in [-0.39, 0.29) is 5.92 Å². The largest absolute Gasteiger partial charge is 0.313 e. The molecule has 1 saturated heterocycles. The first-order chi connectivity index (χ1) is 4.33. The molecule has 1 heterocycles. The molecular formula is C7H12N2. The van der Waals surface area contributed by atoms with Gasteiger partial charge in [0, 0.05) is 12.6 Å². The van der Waals surface area contributed by atoms with Crippen molar-refractivity contribution in [3.05, 3.63) is 0 Å². The number of rotatable bonds is 0. The van der Waals surface area contributed by atoms with Crippen LogP contribution in [0.4, 0.5) is 0 Å². The summed E-state index contributed by atoms with van der Waals surface area (Å²) in [5.74, 6) is 0.265. The highest BCUT2D eigenvalue weighted by atomic mass is 14.9. The summed E-state index contributed by atoms with van der Waals surface area (Å²) in [7, 11) is 0. The average Bonchev–Trinajstić information content (AvgIpc) is 1.90. The second-order valence-electron chi connectivity index (χ2n) is 2.71. The molecule has 9 heavy (non-hydrogen) atoms. The van der Waals surface area contributed by atoms with E-state index >= 15 is 0 Å². The van der Waals surface area contributed by atoms with Crippen molar-refractivity contribution in [2.75, 3.05) is 6.54 Å². The van der Waals surface area contributed by atoms with Gasteiger partial charge in [0.25, 0.3) is 0 Å². The van der Waals surface area contributed by atoms with Crippen LogP contribution in [-0.4, -0.2) is 12.6 Å². The second kappa shape index (κ2) is 2.84. The van der Waals surface area contributed by atoms with E-state index in [1.807, 2.05) is 0 Å². The first-order valence-electron chi connectivity index (χ1n) is 3.46. The van der Waals surface area contributed by atoms with Crippen LogP contribution < -0.4 is 5.32 Å². The van der Waals surface area contributed by atoms with Gasteiger partial charge in [-0.15, -0.1) is 0 Å². The Kier molecular flexibility index (Phi) is 2.07. The molecule has 0 saturated carbocycles. The van der Waals surface area contributed by atoms with E-state index in [1.165, 1.54) is 0 Å². The Bertz CT molecular complexity index is 117. The highest BCUT2D eigenvalue weighted by Gasteiger charge is 2.15. The van der Waals surface area contributed by atoms with Crippen molar-refractivity contribution < 1.29 is 0 Å². The van der Waals surface area contributed by atoms with Crippen LogP contribution in [0, 0.1) is 17.2 Å². The monoisotopic (exact) mass is 124 g/mol. The molecule has 0 aliphatic carbocycles. The van der Waals surface area contributed by atoms with E-state index in [4.69, 9.17) is 5.26 Å². The van der Waals surface area contributed by atoms with Crippen molar-refractivity contribution in [2.24, 2.45) is 5.92 Å². The number of hydrogen-bond donors (Lipinski definition) is 1. The second-order valence-corrected chi connectivity index (χ2v) is 2.71. The van der Waals surface area contributed by atoms with Crippen molar-refractivity contribution in [1.29, 1.82) is 5.26 Å². The summed E-state index contributed by atoms with van der Waals surface area (Å²) in [6.45, 7) is 3.05. The number of nitriles is 1. The molecule has 2 atom stereocenters. The van der Waals surface area contributed by atoms with Crippen LogP contribution in [0.25, 0.3) is 0 Å². The highest BCUT2D eigenvalue weighted by molar-refractivity contribution is 4.88. The molecule has 0 aromatic rings. The first-order valence-corrected chi connectivity index (χ1v) is 3.46. The molecule has 50 valence electrons. The summed E-state index contributed by atoms with van der Waals surface area (Å²) in [5, 5.41) is 11.7. The Morgan fingerprint density at radius 3 is 2.78 bits per heavy atom. The zero-order valence-corrected chi connectivity index (χ0v) is 5.72. The van der Waals surface area contributed by atoms with Crippen LogP contribution in [0.15, 0.2) is 0 Å². The predicted molar refractivity (Wildman–Crippen MR) is 35.8 cm³/mol. The Balaban J connectivity index is 2.28. The summed E-state index contributed by atoms with van der Waals surface area (Å²) >= 11 is 0. The lowest BCUT2D eigenvalue weighted by molar-refractivity contribution is 0.372. The third-order valence-electron chi connectivity index (χ3n) is 1.84. The van der Waals surface area contributed by atoms with Crippen molar-refractivity contribution in [3.8, 4) is 6.07 Å². The molecule has 0 radical (unpaired) electrons. The first kappa shape index (κ1) is 6.57. The van der Waals surface area contributed by atoms with Crippen LogP contribution in [0.1, 0.15) is 19.8 Å². The van der Waals surface area contributed by atoms with Gasteiger partial charge in [0.15, 0.2) is 0 Å². The van der Waals surface area contributed by atoms with Gasteiger partial charge in [-0.2, -0.15) is 5.26 Å². The van der Waals surface area contributed by atoms with Gasteiger partial charge >= 0.3 is 0 Å². The van der Waals surface area contributed by atoms with E-state index < -0.39 is 0 Å². The zero-order valence-electron chi connectivity index (χ0n) is 5.72. The van der Waals surface area contributed by atoms with Gasteiger partial charge in [0.2, 0.25) is 0 Å². The average molecular weight is 124 g/mol. The van der Waals surface area contributed by atoms with Gasteiger partial charge in [-0.1, -0.05) is 0 Å². The van der Waals surface area contributed by atoms with Gasteiger partial charge in [-0.3, -0.25) is 0 Å². The summed E-state index contributed by atoms with van der Waals surface area (Å²) in [6, 6.07) is 2.88. The maximum Gasteiger partial charge on any atom is 0.0669 e. The smallest absolute Gasteiger partial charge is 0.0669 e. The molecular weight excluding hydrogens is 112 g/mol. The van der Waals surface area contributed by atoms with Crippen LogP contribution >= 0.6 is 0 Å². The Morgan fingerprint density at radius 2 is 2.33 bits per heavy atom. The topological polar surface area (TPSA) is 35.8 Å². The molecule has 2 heteroatoms. The predicted octanol–water partition coefficient (Wildman–Crippen LogP) is 0.898. The molecule has 0 spiro atoms. The molecule has 1 aliphatic heterocycles. The molecule has 1 fully saturated rings. The van der Waals surface area contributed by atoms with Gasteiger partial charge in [0.05, 0.1) is 12.0 Å². The maximum atomic E-state index is 8.49. The van der Waals surface area contributed by atoms with Gasteiger partial charge < -0.3 is 5.32 Å². The summed E-state index contributed by atoms with van der Waals surface area (Å²) < 4.78 is 0. The minimum absolute atomic E-state index is 0.265. The molecule has 0 aromatic carbocycles. The third kappa shape index (κ3) is 1.69. The molecule has 1 rings (SSSR count). The highest BCUT2D eigenvalue weighted by Crippen LogP contribution is 2.11. The lowest BCUT2D eigenvalue weighted by atomic mass is 9.97. The van der Waals surface area contributed by atoms with E-state index in [2.05, 4.69) is 18.3 Å². The van der Waals surface area contributed by atoms with E-state index in [9.17, 15) is 0 Å². The fraction of sp³-hybridized carbons (Fsp3) is 0.857. The maximum absolute atomic E-state index is 8.49. The van der Waals surface area contributed by atoms with Crippen molar-refractivity contribution in [2.45, 2.75) is 25.8 Å². The molecule has 0 aromatic heterocycles. The molecule has 0 amide bonds. The van der Waals surface area contributed by atoms with Crippen LogP contribution in [0.5, 0.6) is 0 Å². The molecule has 1 aliphatic rings. The standard InChI is InChI=1S/C7H12N2/c1-6-2-3-7(4-8)5-9-6/h6-7,9H,2-3,5H2,1H3/t6-,7-/m1/s1. The number of hydrogen-bond acceptors (Lipinski definition) is 2. The fourth-order valence-electron chi connectivity index (χ4n) is 1.11. The summed E-state index contributed by atoms with van der Waals surface area (Å²) in [6.07, 6.45) is 2.23. The lowest BCUT2D eigenvalue weighted by Crippen LogP contribution is -2.36. The number of nitrogens with zero attached hydrogens (tertiary/aromatic N) is 1. The van der Waals surface area contributed by atoms with Gasteiger partial charge in [-0.25, -0.2) is 0 Å². The van der Waals surface area contributed by atoms with E-state index in [1.54, 1.807) is 0 Å². The summed E-state index contributed by atoms with van der Waals surface area (Å²) in [4.78, 5) is 0. The minimum atomic E-state index is 0.265. The van der Waals surface area contributed by atoms with E-state index in [0.29, 0.717) is 6.04 Å². The van der Waals surface area contributed by atoms with Crippen LogP contribution in [0.2, 0.25) is 0 Å². The summed E-state index contributed by atoms with van der Waals surface area (Å²) in [5.41, 5.74) is 0. The Hall–Kier alpha value is -0.550. The fourth-order valence-corrected chi connectivity index (χ4v) is 1.11. The lowest BCUT2D eigenvalue weighted by Gasteiger charge is -2.22. The van der Waals surface area contributed by atoms with E-state index in [0.717, 1.165) is 19.4 Å². The van der Waals surface area contributed by atoms with Gasteiger partial charge in [-0.05, 0) is 19.8 Å². The van der Waals surface area contributed by atoms with Crippen molar-refractivity contribution >= 4 is 0 Å². The van der Waals surface area contributed by atoms with Crippen LogP contribution in [0.3, 0.4) is 0 Å².